The predicted molar refractivity (Wildman–Crippen MR) is 82.2 cm³/mol. The number of piperidine rings is 1. The number of hydrogen-bond donors (Lipinski definition) is 1. The molecule has 3 rings (SSSR count). The van der Waals surface area contributed by atoms with Crippen molar-refractivity contribution in [2.24, 2.45) is 5.92 Å². The van der Waals surface area contributed by atoms with E-state index in [-0.39, 0.29) is 11.8 Å². The Hall–Kier alpha value is -2.11. The van der Waals surface area contributed by atoms with Gasteiger partial charge in [0.15, 0.2) is 5.76 Å². The molecule has 1 fully saturated rings. The molecule has 0 aromatic carbocycles. The van der Waals surface area contributed by atoms with Crippen molar-refractivity contribution in [2.75, 3.05) is 13.1 Å². The van der Waals surface area contributed by atoms with Gasteiger partial charge in [-0.05, 0) is 19.8 Å². The van der Waals surface area contributed by atoms with Crippen LogP contribution in [0.15, 0.2) is 16.8 Å². The summed E-state index contributed by atoms with van der Waals surface area (Å²) < 4.78 is 5.36. The number of H-pyrrole nitrogens is 1. The number of carbonyl (C=O) groups excluding carboxylic acids is 1. The second-order valence-electron chi connectivity index (χ2n) is 6.28. The highest BCUT2D eigenvalue weighted by molar-refractivity contribution is 5.78. The van der Waals surface area contributed by atoms with E-state index in [0.717, 1.165) is 48.6 Å². The first-order chi connectivity index (χ1) is 10.6. The molecule has 1 aliphatic heterocycles. The van der Waals surface area contributed by atoms with Crippen LogP contribution in [0.4, 0.5) is 0 Å². The van der Waals surface area contributed by atoms with E-state index in [9.17, 15) is 4.79 Å². The zero-order valence-corrected chi connectivity index (χ0v) is 13.3. The van der Waals surface area contributed by atoms with Crippen molar-refractivity contribution in [2.45, 2.75) is 39.5 Å². The number of likely N-dealkylation sites (tertiary alicyclic amines) is 1. The minimum absolute atomic E-state index is 0.0661. The van der Waals surface area contributed by atoms with Gasteiger partial charge in [-0.2, -0.15) is 5.10 Å². The summed E-state index contributed by atoms with van der Waals surface area (Å²) >= 11 is 0. The van der Waals surface area contributed by atoms with Crippen LogP contribution in [0.1, 0.15) is 44.0 Å². The predicted octanol–water partition coefficient (Wildman–Crippen LogP) is 2.74. The van der Waals surface area contributed by atoms with E-state index in [0.29, 0.717) is 5.92 Å². The maximum absolute atomic E-state index is 12.1. The fourth-order valence-corrected chi connectivity index (χ4v) is 3.05. The summed E-state index contributed by atoms with van der Waals surface area (Å²) in [5.41, 5.74) is 2.93. The largest absolute Gasteiger partial charge is 0.356 e. The van der Waals surface area contributed by atoms with Crippen LogP contribution in [-0.4, -0.2) is 39.3 Å². The van der Waals surface area contributed by atoms with Gasteiger partial charge in [0.1, 0.15) is 0 Å². The molecule has 1 aliphatic rings. The van der Waals surface area contributed by atoms with Gasteiger partial charge < -0.3 is 9.42 Å². The molecule has 0 unspecified atom stereocenters. The molecule has 1 saturated heterocycles. The summed E-state index contributed by atoms with van der Waals surface area (Å²) in [5.74, 6) is 1.44. The molecule has 3 heterocycles. The van der Waals surface area contributed by atoms with E-state index < -0.39 is 0 Å². The molecule has 1 amide bonds. The molecule has 2 aromatic rings. The number of nitrogens with zero attached hydrogens (tertiary/aromatic N) is 3. The number of hydrogen-bond acceptors (Lipinski definition) is 4. The average molecular weight is 302 g/mol. The van der Waals surface area contributed by atoms with Crippen LogP contribution in [0.25, 0.3) is 11.3 Å². The van der Waals surface area contributed by atoms with Crippen molar-refractivity contribution in [3.63, 3.8) is 0 Å². The van der Waals surface area contributed by atoms with Gasteiger partial charge in [0, 0.05) is 36.7 Å². The van der Waals surface area contributed by atoms with Gasteiger partial charge in [-0.15, -0.1) is 0 Å². The van der Waals surface area contributed by atoms with E-state index in [1.165, 1.54) is 0 Å². The highest BCUT2D eigenvalue weighted by Gasteiger charge is 2.28. The number of carbonyl (C=O) groups is 1. The lowest BCUT2D eigenvalue weighted by Crippen LogP contribution is -2.40. The van der Waals surface area contributed by atoms with Crippen molar-refractivity contribution >= 4 is 5.91 Å². The molecule has 0 saturated carbocycles. The van der Waals surface area contributed by atoms with E-state index in [1.807, 2.05) is 31.7 Å². The van der Waals surface area contributed by atoms with Crippen molar-refractivity contribution < 1.29 is 9.32 Å². The summed E-state index contributed by atoms with van der Waals surface area (Å²) in [6.07, 6.45) is 3.68. The van der Waals surface area contributed by atoms with E-state index >= 15 is 0 Å². The first kappa shape index (κ1) is 14.8. The highest BCUT2D eigenvalue weighted by atomic mass is 16.5. The number of nitrogens with one attached hydrogen (secondary N) is 1. The average Bonchev–Trinajstić information content (AvgIpc) is 3.15. The smallest absolute Gasteiger partial charge is 0.225 e. The lowest BCUT2D eigenvalue weighted by Gasteiger charge is -2.32. The van der Waals surface area contributed by atoms with Crippen molar-refractivity contribution in [1.29, 1.82) is 0 Å². The quantitative estimate of drug-likeness (QED) is 0.946. The molecule has 0 aliphatic carbocycles. The van der Waals surface area contributed by atoms with E-state index in [2.05, 4.69) is 15.4 Å². The standard InChI is InChI=1S/C16H22N4O2/c1-10(2)16(21)20-6-4-12(5-7-20)15-13(9-17-18-15)14-8-11(3)19-22-14/h8-10,12H,4-7H2,1-3H3,(H,17,18). The SMILES string of the molecule is Cc1cc(-c2cn[nH]c2C2CCN(C(=O)C(C)C)CC2)on1. The van der Waals surface area contributed by atoms with Crippen LogP contribution in [0.5, 0.6) is 0 Å². The van der Waals surface area contributed by atoms with E-state index in [4.69, 9.17) is 4.52 Å². The topological polar surface area (TPSA) is 75.0 Å². The number of aromatic nitrogens is 3. The number of amides is 1. The molecule has 6 nitrogen and oxygen atoms in total. The Morgan fingerprint density at radius 3 is 2.73 bits per heavy atom. The molecular formula is C16H22N4O2. The zero-order chi connectivity index (χ0) is 15.7. The van der Waals surface area contributed by atoms with Gasteiger partial charge in [-0.3, -0.25) is 9.89 Å². The third kappa shape index (κ3) is 2.77. The van der Waals surface area contributed by atoms with E-state index in [1.54, 1.807) is 6.20 Å². The molecule has 1 N–H and O–H groups in total. The Labute approximate surface area is 129 Å². The Kier molecular flexibility index (Phi) is 4.00. The Bertz CT molecular complexity index is 651. The number of aryl methyl sites for hydroxylation is 1. The van der Waals surface area contributed by atoms with Gasteiger partial charge in [-0.1, -0.05) is 19.0 Å². The summed E-state index contributed by atoms with van der Waals surface area (Å²) in [7, 11) is 0. The Morgan fingerprint density at radius 2 is 2.14 bits per heavy atom. The van der Waals surface area contributed by atoms with Crippen LogP contribution >= 0.6 is 0 Å². The fourth-order valence-electron chi connectivity index (χ4n) is 3.05. The van der Waals surface area contributed by atoms with Gasteiger partial charge in [-0.25, -0.2) is 0 Å². The summed E-state index contributed by atoms with van der Waals surface area (Å²) in [5, 5.41) is 11.2. The fraction of sp³-hybridized carbons (Fsp3) is 0.562. The monoisotopic (exact) mass is 302 g/mol. The van der Waals surface area contributed by atoms with Gasteiger partial charge >= 0.3 is 0 Å². The van der Waals surface area contributed by atoms with Crippen molar-refractivity contribution in [3.05, 3.63) is 23.7 Å². The van der Waals surface area contributed by atoms with Crippen molar-refractivity contribution in [3.8, 4) is 11.3 Å². The minimum Gasteiger partial charge on any atom is -0.356 e. The van der Waals surface area contributed by atoms with Crippen LogP contribution in [-0.2, 0) is 4.79 Å². The summed E-state index contributed by atoms with van der Waals surface area (Å²) in [6.45, 7) is 7.41. The maximum Gasteiger partial charge on any atom is 0.225 e. The summed E-state index contributed by atoms with van der Waals surface area (Å²) in [4.78, 5) is 14.0. The Balaban J connectivity index is 1.72. The van der Waals surface area contributed by atoms with Crippen LogP contribution in [0, 0.1) is 12.8 Å². The van der Waals surface area contributed by atoms with Gasteiger partial charge in [0.05, 0.1) is 17.5 Å². The minimum atomic E-state index is 0.0661. The van der Waals surface area contributed by atoms with Gasteiger partial charge in [0.2, 0.25) is 5.91 Å². The molecule has 22 heavy (non-hydrogen) atoms. The third-order valence-electron chi connectivity index (χ3n) is 4.27. The van der Waals surface area contributed by atoms with Crippen LogP contribution in [0.2, 0.25) is 0 Å². The molecule has 0 atom stereocenters. The Morgan fingerprint density at radius 1 is 1.41 bits per heavy atom. The molecule has 118 valence electrons. The first-order valence-corrected chi connectivity index (χ1v) is 7.82. The lowest BCUT2D eigenvalue weighted by molar-refractivity contribution is -0.135. The first-order valence-electron chi connectivity index (χ1n) is 7.82. The molecule has 0 bridgehead atoms. The highest BCUT2D eigenvalue weighted by Crippen LogP contribution is 2.34. The lowest BCUT2D eigenvalue weighted by atomic mass is 9.90. The maximum atomic E-state index is 12.1. The second kappa shape index (κ2) is 5.94. The number of aromatic amines is 1. The molecule has 2 aromatic heterocycles. The van der Waals surface area contributed by atoms with Crippen LogP contribution in [0.3, 0.4) is 0 Å². The number of rotatable bonds is 3. The molecule has 6 heteroatoms. The van der Waals surface area contributed by atoms with Crippen molar-refractivity contribution in [1.82, 2.24) is 20.3 Å². The molecule has 0 radical (unpaired) electrons. The zero-order valence-electron chi connectivity index (χ0n) is 13.3. The molecule has 0 spiro atoms. The van der Waals surface area contributed by atoms with Gasteiger partial charge in [0.25, 0.3) is 0 Å². The molecular weight excluding hydrogens is 280 g/mol. The summed E-state index contributed by atoms with van der Waals surface area (Å²) in [6, 6.07) is 1.92. The third-order valence-corrected chi connectivity index (χ3v) is 4.27. The van der Waals surface area contributed by atoms with Crippen LogP contribution < -0.4 is 0 Å². The normalized spacial score (nSPS) is 16.5. The second-order valence-corrected chi connectivity index (χ2v) is 6.28.